The Kier molecular flexibility index (Phi) is 3.28. The summed E-state index contributed by atoms with van der Waals surface area (Å²) in [5, 5.41) is 11.6. The molecule has 0 bridgehead atoms. The lowest BCUT2D eigenvalue weighted by Gasteiger charge is -2.29. The van der Waals surface area contributed by atoms with Gasteiger partial charge >= 0.3 is 0 Å². The molecule has 5 rings (SSSR count). The van der Waals surface area contributed by atoms with Gasteiger partial charge in [-0.3, -0.25) is 9.89 Å². The van der Waals surface area contributed by atoms with Crippen LogP contribution in [-0.4, -0.2) is 40.3 Å². The fraction of sp³-hybridized carbons (Fsp3) is 0.400. The molecule has 1 aliphatic carbocycles. The summed E-state index contributed by atoms with van der Waals surface area (Å²) in [5.74, 6) is -0.0357. The summed E-state index contributed by atoms with van der Waals surface area (Å²) in [6, 6.07) is 6.00. The molecule has 6 heteroatoms. The molecule has 6 nitrogen and oxygen atoms in total. The molecule has 134 valence electrons. The summed E-state index contributed by atoms with van der Waals surface area (Å²) in [6.45, 7) is 5.81. The molecule has 1 atom stereocenters. The first-order valence-electron chi connectivity index (χ1n) is 9.11. The van der Waals surface area contributed by atoms with Crippen LogP contribution in [0.3, 0.4) is 0 Å². The van der Waals surface area contributed by atoms with Crippen molar-refractivity contribution in [3.05, 3.63) is 41.1 Å². The number of fused-ring (bicyclic) bond motifs is 5. The van der Waals surface area contributed by atoms with Crippen molar-refractivity contribution in [3.63, 3.8) is 0 Å². The second-order valence-corrected chi connectivity index (χ2v) is 7.99. The standard InChI is InChI=1S/C20H22N4O2/c1-20(2)8-12-9-21-24-17(12)18-16(20)14-7-11(3-4-15(14)23-18)19(25)22-13-5-6-26-10-13/h3-4,7,9,13,23H,5-6,8,10H2,1-2H3,(H,21,24)(H,22,25). The monoisotopic (exact) mass is 350 g/mol. The Bertz CT molecular complexity index is 1010. The van der Waals surface area contributed by atoms with Crippen LogP contribution in [-0.2, 0) is 16.6 Å². The van der Waals surface area contributed by atoms with E-state index in [1.165, 1.54) is 11.1 Å². The van der Waals surface area contributed by atoms with Crippen LogP contribution in [0.4, 0.5) is 0 Å². The summed E-state index contributed by atoms with van der Waals surface area (Å²) >= 11 is 0. The number of carbonyl (C=O) groups is 1. The minimum atomic E-state index is -0.0357. The topological polar surface area (TPSA) is 82.8 Å². The highest BCUT2D eigenvalue weighted by molar-refractivity contribution is 6.01. The van der Waals surface area contributed by atoms with Gasteiger partial charge in [0.1, 0.15) is 5.69 Å². The largest absolute Gasteiger partial charge is 0.379 e. The fourth-order valence-corrected chi connectivity index (χ4v) is 4.36. The Morgan fingerprint density at radius 2 is 2.27 bits per heavy atom. The van der Waals surface area contributed by atoms with Gasteiger partial charge in [-0.15, -0.1) is 0 Å². The summed E-state index contributed by atoms with van der Waals surface area (Å²) < 4.78 is 5.35. The average molecular weight is 350 g/mol. The predicted octanol–water partition coefficient (Wildman–Crippen LogP) is 2.91. The molecule has 26 heavy (non-hydrogen) atoms. The Morgan fingerprint density at radius 1 is 1.38 bits per heavy atom. The van der Waals surface area contributed by atoms with Crippen LogP contribution in [0.15, 0.2) is 24.4 Å². The lowest BCUT2D eigenvalue weighted by atomic mass is 9.73. The molecule has 3 N–H and O–H groups in total. The van der Waals surface area contributed by atoms with Gasteiger partial charge in [0.15, 0.2) is 0 Å². The lowest BCUT2D eigenvalue weighted by Crippen LogP contribution is -2.35. The molecular formula is C20H22N4O2. The Balaban J connectivity index is 1.60. The van der Waals surface area contributed by atoms with E-state index in [9.17, 15) is 4.79 Å². The van der Waals surface area contributed by atoms with Crippen LogP contribution in [0.1, 0.15) is 41.8 Å². The molecule has 3 aromatic rings. The molecule has 1 aromatic carbocycles. The van der Waals surface area contributed by atoms with Crippen molar-refractivity contribution in [1.29, 1.82) is 0 Å². The zero-order valence-corrected chi connectivity index (χ0v) is 15.0. The highest BCUT2D eigenvalue weighted by Gasteiger charge is 2.35. The van der Waals surface area contributed by atoms with Crippen molar-refractivity contribution in [3.8, 4) is 11.4 Å². The number of H-pyrrole nitrogens is 2. The molecule has 0 saturated carbocycles. The highest BCUT2D eigenvalue weighted by atomic mass is 16.5. The summed E-state index contributed by atoms with van der Waals surface area (Å²) in [6.07, 6.45) is 3.78. The number of benzene rings is 1. The highest BCUT2D eigenvalue weighted by Crippen LogP contribution is 2.45. The van der Waals surface area contributed by atoms with Crippen molar-refractivity contribution in [2.45, 2.75) is 38.1 Å². The minimum Gasteiger partial charge on any atom is -0.379 e. The number of hydrogen-bond donors (Lipinski definition) is 3. The SMILES string of the molecule is CC1(C)Cc2c[nH]nc2-c2[nH]c3ccc(C(=O)NC4CCOC4)cc3c21. The smallest absolute Gasteiger partial charge is 0.251 e. The second kappa shape index (κ2) is 5.45. The van der Waals surface area contributed by atoms with E-state index in [-0.39, 0.29) is 17.4 Å². The number of amides is 1. The van der Waals surface area contributed by atoms with Crippen molar-refractivity contribution in [1.82, 2.24) is 20.5 Å². The first kappa shape index (κ1) is 15.6. The average Bonchev–Trinajstić information content (AvgIpc) is 3.31. The van der Waals surface area contributed by atoms with Crippen LogP contribution in [0.2, 0.25) is 0 Å². The van der Waals surface area contributed by atoms with E-state index >= 15 is 0 Å². The second-order valence-electron chi connectivity index (χ2n) is 7.99. The van der Waals surface area contributed by atoms with Gasteiger partial charge in [-0.1, -0.05) is 13.8 Å². The van der Waals surface area contributed by atoms with Gasteiger partial charge in [-0.05, 0) is 42.0 Å². The van der Waals surface area contributed by atoms with Gasteiger partial charge in [0.25, 0.3) is 5.91 Å². The van der Waals surface area contributed by atoms with Gasteiger partial charge < -0.3 is 15.0 Å². The normalized spacial score (nSPS) is 20.8. The molecule has 1 saturated heterocycles. The number of aromatic amines is 2. The molecule has 2 aliphatic rings. The maximum Gasteiger partial charge on any atom is 0.251 e. The molecule has 1 unspecified atom stereocenters. The number of hydrogen-bond acceptors (Lipinski definition) is 3. The third-order valence-electron chi connectivity index (χ3n) is 5.59. The quantitative estimate of drug-likeness (QED) is 0.664. The van der Waals surface area contributed by atoms with Crippen LogP contribution in [0.5, 0.6) is 0 Å². The first-order chi connectivity index (χ1) is 12.5. The fourth-order valence-electron chi connectivity index (χ4n) is 4.36. The zero-order chi connectivity index (χ0) is 17.9. The van der Waals surface area contributed by atoms with E-state index in [1.54, 1.807) is 0 Å². The lowest BCUT2D eigenvalue weighted by molar-refractivity contribution is 0.0930. The molecule has 1 fully saturated rings. The maximum atomic E-state index is 12.7. The van der Waals surface area contributed by atoms with Gasteiger partial charge in [0.2, 0.25) is 0 Å². The third kappa shape index (κ3) is 2.29. The molecule has 0 spiro atoms. The Morgan fingerprint density at radius 3 is 3.08 bits per heavy atom. The van der Waals surface area contributed by atoms with E-state index in [4.69, 9.17) is 4.74 Å². The Labute approximate surface area is 151 Å². The zero-order valence-electron chi connectivity index (χ0n) is 15.0. The van der Waals surface area contributed by atoms with Crippen LogP contribution in [0.25, 0.3) is 22.3 Å². The van der Waals surface area contributed by atoms with Crippen molar-refractivity contribution < 1.29 is 9.53 Å². The van der Waals surface area contributed by atoms with Gasteiger partial charge in [0, 0.05) is 34.8 Å². The Hall–Kier alpha value is -2.60. The minimum absolute atomic E-state index is 0.0289. The molecule has 1 amide bonds. The van der Waals surface area contributed by atoms with E-state index in [0.717, 1.165) is 41.7 Å². The number of nitrogens with one attached hydrogen (secondary N) is 3. The van der Waals surface area contributed by atoms with Gasteiger partial charge in [-0.25, -0.2) is 0 Å². The van der Waals surface area contributed by atoms with E-state index in [0.29, 0.717) is 12.2 Å². The van der Waals surface area contributed by atoms with Gasteiger partial charge in [-0.2, -0.15) is 5.10 Å². The van der Waals surface area contributed by atoms with Crippen LogP contribution in [0, 0.1) is 0 Å². The molecule has 1 aliphatic heterocycles. The number of ether oxygens (including phenoxy) is 1. The van der Waals surface area contributed by atoms with Crippen LogP contribution >= 0.6 is 0 Å². The number of carbonyl (C=O) groups excluding carboxylic acids is 1. The van der Waals surface area contributed by atoms with Crippen LogP contribution < -0.4 is 5.32 Å². The first-order valence-corrected chi connectivity index (χ1v) is 9.11. The molecule has 2 aromatic heterocycles. The van der Waals surface area contributed by atoms with Crippen molar-refractivity contribution in [2.75, 3.05) is 13.2 Å². The summed E-state index contributed by atoms with van der Waals surface area (Å²) in [7, 11) is 0. The molecular weight excluding hydrogens is 328 g/mol. The van der Waals surface area contributed by atoms with E-state index in [2.05, 4.69) is 34.3 Å². The summed E-state index contributed by atoms with van der Waals surface area (Å²) in [5.41, 5.74) is 6.23. The predicted molar refractivity (Wildman–Crippen MR) is 99.3 cm³/mol. The molecule has 0 radical (unpaired) electrons. The number of rotatable bonds is 2. The number of aromatic nitrogens is 3. The van der Waals surface area contributed by atoms with E-state index in [1.807, 2.05) is 24.4 Å². The third-order valence-corrected chi connectivity index (χ3v) is 5.59. The van der Waals surface area contributed by atoms with Gasteiger partial charge in [0.05, 0.1) is 18.3 Å². The molecule has 3 heterocycles. The van der Waals surface area contributed by atoms with E-state index < -0.39 is 0 Å². The maximum absolute atomic E-state index is 12.7. The summed E-state index contributed by atoms with van der Waals surface area (Å²) in [4.78, 5) is 16.2. The number of nitrogens with zero attached hydrogens (tertiary/aromatic N) is 1. The van der Waals surface area contributed by atoms with Crippen molar-refractivity contribution >= 4 is 16.8 Å². The van der Waals surface area contributed by atoms with Crippen molar-refractivity contribution in [2.24, 2.45) is 0 Å².